The van der Waals surface area contributed by atoms with Crippen LogP contribution in [0.3, 0.4) is 0 Å². The molecule has 0 saturated carbocycles. The first-order valence-electron chi connectivity index (χ1n) is 10.8. The van der Waals surface area contributed by atoms with Gasteiger partial charge in [0.2, 0.25) is 11.8 Å². The summed E-state index contributed by atoms with van der Waals surface area (Å²) in [5.74, 6) is 0.653. The van der Waals surface area contributed by atoms with Crippen LogP contribution in [-0.2, 0) is 16.1 Å². The zero-order valence-corrected chi connectivity index (χ0v) is 19.4. The Hall–Kier alpha value is -2.27. The normalized spacial score (nSPS) is 11.7. The molecule has 30 heavy (non-hydrogen) atoms. The van der Waals surface area contributed by atoms with Crippen LogP contribution in [0.2, 0.25) is 0 Å². The zero-order valence-electron chi connectivity index (χ0n) is 18.6. The van der Waals surface area contributed by atoms with Crippen LogP contribution >= 0.6 is 11.8 Å². The Morgan fingerprint density at radius 3 is 2.40 bits per heavy atom. The number of amides is 2. The second-order valence-electron chi connectivity index (χ2n) is 7.64. The zero-order chi connectivity index (χ0) is 21.9. The fourth-order valence-corrected chi connectivity index (χ4v) is 4.17. The van der Waals surface area contributed by atoms with Crippen LogP contribution in [0.25, 0.3) is 0 Å². The van der Waals surface area contributed by atoms with Crippen molar-refractivity contribution in [2.45, 2.75) is 64.4 Å². The lowest BCUT2D eigenvalue weighted by Crippen LogP contribution is -2.49. The monoisotopic (exact) mass is 426 g/mol. The van der Waals surface area contributed by atoms with Gasteiger partial charge in [-0.1, -0.05) is 61.4 Å². The van der Waals surface area contributed by atoms with Crippen molar-refractivity contribution in [1.82, 2.24) is 10.2 Å². The summed E-state index contributed by atoms with van der Waals surface area (Å²) in [7, 11) is 0. The van der Waals surface area contributed by atoms with Gasteiger partial charge in [-0.2, -0.15) is 0 Å². The standard InChI is InChI=1S/C25H34N2O2S/c1-5-15-26-25(29)23(6-2)27(18-21-9-7-8-20(4)17-21)24(28)14-16-30-22-12-10-19(3)11-13-22/h7-13,17,23H,5-6,14-16,18H2,1-4H3,(H,26,29)/t23-/m1/s1. The molecule has 0 spiro atoms. The van der Waals surface area contributed by atoms with E-state index in [0.717, 1.165) is 22.4 Å². The molecular weight excluding hydrogens is 392 g/mol. The summed E-state index contributed by atoms with van der Waals surface area (Å²) in [6.45, 7) is 9.18. The first-order chi connectivity index (χ1) is 14.4. The molecule has 2 rings (SSSR count). The Balaban J connectivity index is 2.10. The largest absolute Gasteiger partial charge is 0.354 e. The van der Waals surface area contributed by atoms with Crippen LogP contribution in [0.1, 0.15) is 49.8 Å². The van der Waals surface area contributed by atoms with Crippen molar-refractivity contribution in [1.29, 1.82) is 0 Å². The molecule has 162 valence electrons. The first kappa shape index (κ1) is 24.0. The van der Waals surface area contributed by atoms with Crippen molar-refractivity contribution < 1.29 is 9.59 Å². The maximum absolute atomic E-state index is 13.2. The number of nitrogens with zero attached hydrogens (tertiary/aromatic N) is 1. The Morgan fingerprint density at radius 2 is 1.77 bits per heavy atom. The van der Waals surface area contributed by atoms with Crippen molar-refractivity contribution in [3.8, 4) is 0 Å². The van der Waals surface area contributed by atoms with Gasteiger partial charge >= 0.3 is 0 Å². The van der Waals surface area contributed by atoms with Gasteiger partial charge in [-0.25, -0.2) is 0 Å². The molecule has 0 radical (unpaired) electrons. The molecule has 2 amide bonds. The van der Waals surface area contributed by atoms with E-state index in [9.17, 15) is 9.59 Å². The summed E-state index contributed by atoms with van der Waals surface area (Å²) in [6.07, 6.45) is 1.88. The maximum atomic E-state index is 13.2. The number of benzene rings is 2. The molecule has 0 unspecified atom stereocenters. The van der Waals surface area contributed by atoms with E-state index in [1.165, 1.54) is 5.56 Å². The van der Waals surface area contributed by atoms with Gasteiger partial charge in [0.05, 0.1) is 0 Å². The Kier molecular flexibility index (Phi) is 9.95. The van der Waals surface area contributed by atoms with Crippen molar-refractivity contribution in [3.05, 3.63) is 65.2 Å². The molecule has 0 saturated heterocycles. The smallest absolute Gasteiger partial charge is 0.242 e. The molecular formula is C25H34N2O2S. The number of hydrogen-bond donors (Lipinski definition) is 1. The summed E-state index contributed by atoms with van der Waals surface area (Å²) in [5.41, 5.74) is 3.43. The molecule has 0 aromatic heterocycles. The predicted molar refractivity (Wildman–Crippen MR) is 126 cm³/mol. The predicted octanol–water partition coefficient (Wildman–Crippen LogP) is 5.12. The lowest BCUT2D eigenvalue weighted by molar-refractivity contribution is -0.141. The molecule has 1 atom stereocenters. The summed E-state index contributed by atoms with van der Waals surface area (Å²) in [4.78, 5) is 28.9. The fraction of sp³-hybridized carbons (Fsp3) is 0.440. The van der Waals surface area contributed by atoms with E-state index < -0.39 is 6.04 Å². The summed E-state index contributed by atoms with van der Waals surface area (Å²) in [6, 6.07) is 16.0. The topological polar surface area (TPSA) is 49.4 Å². The highest BCUT2D eigenvalue weighted by Crippen LogP contribution is 2.21. The minimum atomic E-state index is -0.450. The van der Waals surface area contributed by atoms with Gasteiger partial charge < -0.3 is 10.2 Å². The van der Waals surface area contributed by atoms with Gasteiger partial charge in [0, 0.05) is 30.2 Å². The van der Waals surface area contributed by atoms with Crippen molar-refractivity contribution >= 4 is 23.6 Å². The van der Waals surface area contributed by atoms with Crippen LogP contribution in [0.5, 0.6) is 0 Å². The molecule has 0 aliphatic heterocycles. The third-order valence-corrected chi connectivity index (χ3v) is 5.99. The molecule has 2 aromatic rings. The minimum Gasteiger partial charge on any atom is -0.354 e. The lowest BCUT2D eigenvalue weighted by atomic mass is 10.1. The summed E-state index contributed by atoms with van der Waals surface area (Å²) in [5, 5.41) is 2.97. The third kappa shape index (κ3) is 7.52. The number of aryl methyl sites for hydroxylation is 2. The molecule has 2 aromatic carbocycles. The number of thioether (sulfide) groups is 1. The molecule has 4 nitrogen and oxygen atoms in total. The van der Waals surface area contributed by atoms with Crippen LogP contribution < -0.4 is 5.32 Å². The number of carbonyl (C=O) groups excluding carboxylic acids is 2. The van der Waals surface area contributed by atoms with E-state index in [4.69, 9.17) is 0 Å². The minimum absolute atomic E-state index is 0.0228. The molecule has 5 heteroatoms. The van der Waals surface area contributed by atoms with Crippen molar-refractivity contribution in [2.24, 2.45) is 0 Å². The number of hydrogen-bond acceptors (Lipinski definition) is 3. The van der Waals surface area contributed by atoms with Gasteiger partial charge in [0.25, 0.3) is 0 Å². The van der Waals surface area contributed by atoms with E-state index in [2.05, 4.69) is 42.6 Å². The Morgan fingerprint density at radius 1 is 1.03 bits per heavy atom. The summed E-state index contributed by atoms with van der Waals surface area (Å²) < 4.78 is 0. The number of carbonyl (C=O) groups is 2. The van der Waals surface area contributed by atoms with E-state index >= 15 is 0 Å². The Bertz CT molecular complexity index is 820. The summed E-state index contributed by atoms with van der Waals surface area (Å²) >= 11 is 1.68. The average Bonchev–Trinajstić information content (AvgIpc) is 2.73. The SMILES string of the molecule is CCCNC(=O)[C@@H](CC)N(Cc1cccc(C)c1)C(=O)CCSc1ccc(C)cc1. The van der Waals surface area contributed by atoms with Gasteiger partial charge in [-0.15, -0.1) is 11.8 Å². The highest BCUT2D eigenvalue weighted by atomic mass is 32.2. The highest BCUT2D eigenvalue weighted by Gasteiger charge is 2.28. The van der Waals surface area contributed by atoms with Crippen LogP contribution in [0.15, 0.2) is 53.4 Å². The molecule has 0 aliphatic rings. The fourth-order valence-electron chi connectivity index (χ4n) is 3.33. The van der Waals surface area contributed by atoms with E-state index in [-0.39, 0.29) is 11.8 Å². The van der Waals surface area contributed by atoms with E-state index in [0.29, 0.717) is 31.7 Å². The maximum Gasteiger partial charge on any atom is 0.242 e. The average molecular weight is 427 g/mol. The molecule has 0 aliphatic carbocycles. The van der Waals surface area contributed by atoms with Crippen molar-refractivity contribution in [3.63, 3.8) is 0 Å². The third-order valence-electron chi connectivity index (χ3n) is 4.98. The molecule has 1 N–H and O–H groups in total. The van der Waals surface area contributed by atoms with Crippen molar-refractivity contribution in [2.75, 3.05) is 12.3 Å². The van der Waals surface area contributed by atoms with Gasteiger partial charge in [-0.3, -0.25) is 9.59 Å². The Labute approximate surface area is 185 Å². The van der Waals surface area contributed by atoms with Gasteiger partial charge in [0.1, 0.15) is 6.04 Å². The van der Waals surface area contributed by atoms with Crippen LogP contribution in [0.4, 0.5) is 0 Å². The van der Waals surface area contributed by atoms with Gasteiger partial charge in [-0.05, 0) is 44.4 Å². The molecule has 0 heterocycles. The van der Waals surface area contributed by atoms with Crippen LogP contribution in [-0.4, -0.2) is 35.1 Å². The second-order valence-corrected chi connectivity index (χ2v) is 8.81. The van der Waals surface area contributed by atoms with Crippen LogP contribution in [0, 0.1) is 13.8 Å². The number of rotatable bonds is 11. The van der Waals surface area contributed by atoms with Gasteiger partial charge in [0.15, 0.2) is 0 Å². The number of nitrogens with one attached hydrogen (secondary N) is 1. The quantitative estimate of drug-likeness (QED) is 0.508. The highest BCUT2D eigenvalue weighted by molar-refractivity contribution is 7.99. The molecule has 0 bridgehead atoms. The lowest BCUT2D eigenvalue weighted by Gasteiger charge is -2.31. The first-order valence-corrected chi connectivity index (χ1v) is 11.7. The molecule has 0 fully saturated rings. The van der Waals surface area contributed by atoms with E-state index in [1.807, 2.05) is 39.0 Å². The second kappa shape index (κ2) is 12.4. The van der Waals surface area contributed by atoms with E-state index in [1.54, 1.807) is 16.7 Å².